The van der Waals surface area contributed by atoms with Gasteiger partial charge in [0.1, 0.15) is 5.76 Å². The molecule has 0 amide bonds. The van der Waals surface area contributed by atoms with Gasteiger partial charge in [-0.15, -0.1) is 0 Å². The van der Waals surface area contributed by atoms with Crippen molar-refractivity contribution < 1.29 is 4.42 Å². The zero-order chi connectivity index (χ0) is 12.6. The highest BCUT2D eigenvalue weighted by molar-refractivity contribution is 5.78. The second kappa shape index (κ2) is 7.91. The molecule has 2 rings (SSSR count). The molecule has 0 aromatic carbocycles. The molecule has 2 aromatic heterocycles. The van der Waals surface area contributed by atoms with Crippen LogP contribution >= 0.6 is 0 Å². The lowest BCUT2D eigenvalue weighted by Gasteiger charge is -1.88. The van der Waals surface area contributed by atoms with E-state index in [2.05, 4.69) is 18.8 Å². The number of hydrogen-bond acceptors (Lipinski definition) is 2. The van der Waals surface area contributed by atoms with Crippen molar-refractivity contribution in [3.8, 4) is 0 Å². The summed E-state index contributed by atoms with van der Waals surface area (Å²) in [6, 6.07) is 3.98. The van der Waals surface area contributed by atoms with Crippen LogP contribution in [-0.4, -0.2) is 4.98 Å². The molecule has 0 aliphatic carbocycles. The Morgan fingerprint density at radius 1 is 1.19 bits per heavy atom. The van der Waals surface area contributed by atoms with Crippen molar-refractivity contribution in [1.29, 1.82) is 0 Å². The van der Waals surface area contributed by atoms with Crippen LogP contribution < -0.4 is 0 Å². The average Bonchev–Trinajstić information content (AvgIpc) is 2.72. The summed E-state index contributed by atoms with van der Waals surface area (Å²) in [5, 5.41) is 1.13. The highest BCUT2D eigenvalue weighted by Crippen LogP contribution is 2.22. The lowest BCUT2D eigenvalue weighted by atomic mass is 10.2. The fraction of sp³-hybridized carbons (Fsp3) is 0.500. The molecule has 0 aliphatic rings. The zero-order valence-electron chi connectivity index (χ0n) is 11.3. The number of aromatic nitrogens is 1. The standard InChI is InChI=1S/C10H11NO.2C2H6/c1-3-9-7(2)8-5-4-6-11-10(8)12-9;2*1-2/h4-6H,3H2,1-2H3;2*1-2H3. The van der Waals surface area contributed by atoms with E-state index in [1.807, 2.05) is 39.8 Å². The minimum atomic E-state index is 0.756. The first kappa shape index (κ1) is 14.7. The molecular weight excluding hydrogens is 198 g/mol. The second-order valence-corrected chi connectivity index (χ2v) is 2.86. The molecule has 0 atom stereocenters. The molecule has 0 saturated carbocycles. The maximum absolute atomic E-state index is 5.54. The molecule has 2 heterocycles. The van der Waals surface area contributed by atoms with Crippen LogP contribution in [0.5, 0.6) is 0 Å². The van der Waals surface area contributed by atoms with Gasteiger partial charge in [-0.05, 0) is 19.1 Å². The first-order chi connectivity index (χ1) is 7.83. The Kier molecular flexibility index (Phi) is 7.27. The van der Waals surface area contributed by atoms with E-state index in [0.29, 0.717) is 0 Å². The van der Waals surface area contributed by atoms with Crippen molar-refractivity contribution in [2.75, 3.05) is 0 Å². The first-order valence-corrected chi connectivity index (χ1v) is 6.16. The number of pyridine rings is 1. The van der Waals surface area contributed by atoms with Crippen LogP contribution in [0.15, 0.2) is 22.7 Å². The quantitative estimate of drug-likeness (QED) is 0.694. The van der Waals surface area contributed by atoms with E-state index in [1.54, 1.807) is 6.20 Å². The van der Waals surface area contributed by atoms with Gasteiger partial charge >= 0.3 is 0 Å². The molecule has 2 aromatic rings. The highest BCUT2D eigenvalue weighted by Gasteiger charge is 2.07. The maximum Gasteiger partial charge on any atom is 0.226 e. The number of hydrogen-bond donors (Lipinski definition) is 0. The topological polar surface area (TPSA) is 26.0 Å². The summed E-state index contributed by atoms with van der Waals surface area (Å²) in [6.45, 7) is 12.2. The minimum absolute atomic E-state index is 0.756. The van der Waals surface area contributed by atoms with Gasteiger partial charge in [0, 0.05) is 23.6 Å². The summed E-state index contributed by atoms with van der Waals surface area (Å²) in [7, 11) is 0. The van der Waals surface area contributed by atoms with Crippen molar-refractivity contribution in [1.82, 2.24) is 4.98 Å². The molecule has 2 heteroatoms. The summed E-state index contributed by atoms with van der Waals surface area (Å²) in [6.07, 6.45) is 2.69. The summed E-state index contributed by atoms with van der Waals surface area (Å²) in [5.74, 6) is 1.05. The van der Waals surface area contributed by atoms with Crippen molar-refractivity contribution in [3.63, 3.8) is 0 Å². The van der Waals surface area contributed by atoms with Gasteiger partial charge in [0.05, 0.1) is 0 Å². The van der Waals surface area contributed by atoms with E-state index in [0.717, 1.165) is 23.3 Å². The van der Waals surface area contributed by atoms with E-state index in [4.69, 9.17) is 4.42 Å². The Balaban J connectivity index is 0.000000509. The van der Waals surface area contributed by atoms with Crippen molar-refractivity contribution >= 4 is 11.1 Å². The van der Waals surface area contributed by atoms with Crippen molar-refractivity contribution in [2.24, 2.45) is 0 Å². The summed E-state index contributed by atoms with van der Waals surface area (Å²) in [5.41, 5.74) is 1.98. The Bertz CT molecular complexity index is 404. The SMILES string of the molecule is CC.CC.CCc1oc2ncccc2c1C. The zero-order valence-corrected chi connectivity index (χ0v) is 11.3. The van der Waals surface area contributed by atoms with Gasteiger partial charge in [0.25, 0.3) is 0 Å². The van der Waals surface area contributed by atoms with E-state index < -0.39 is 0 Å². The predicted molar refractivity (Wildman–Crippen MR) is 70.8 cm³/mol. The smallest absolute Gasteiger partial charge is 0.226 e. The molecule has 2 nitrogen and oxygen atoms in total. The molecule has 0 bridgehead atoms. The lowest BCUT2D eigenvalue weighted by Crippen LogP contribution is -1.76. The van der Waals surface area contributed by atoms with Crippen LogP contribution in [-0.2, 0) is 6.42 Å². The number of rotatable bonds is 1. The van der Waals surface area contributed by atoms with Crippen molar-refractivity contribution in [3.05, 3.63) is 29.7 Å². The summed E-state index contributed by atoms with van der Waals surface area (Å²) in [4.78, 5) is 4.14. The van der Waals surface area contributed by atoms with Crippen molar-refractivity contribution in [2.45, 2.75) is 48.0 Å². The van der Waals surface area contributed by atoms with E-state index in [9.17, 15) is 0 Å². The second-order valence-electron chi connectivity index (χ2n) is 2.86. The third-order valence-electron chi connectivity index (χ3n) is 2.13. The fourth-order valence-electron chi connectivity index (χ4n) is 1.44. The van der Waals surface area contributed by atoms with Gasteiger partial charge in [0.2, 0.25) is 5.71 Å². The monoisotopic (exact) mass is 221 g/mol. The number of furan rings is 1. The summed E-state index contributed by atoms with van der Waals surface area (Å²) >= 11 is 0. The maximum atomic E-state index is 5.54. The number of nitrogens with zero attached hydrogens (tertiary/aromatic N) is 1. The first-order valence-electron chi connectivity index (χ1n) is 6.16. The summed E-state index contributed by atoms with van der Waals surface area (Å²) < 4.78 is 5.54. The third kappa shape index (κ3) is 3.09. The highest BCUT2D eigenvalue weighted by atomic mass is 16.3. The largest absolute Gasteiger partial charge is 0.443 e. The van der Waals surface area contributed by atoms with E-state index in [1.165, 1.54) is 5.56 Å². The molecule has 90 valence electrons. The molecule has 0 fully saturated rings. The van der Waals surface area contributed by atoms with Gasteiger partial charge in [-0.1, -0.05) is 34.6 Å². The van der Waals surface area contributed by atoms with Crippen LogP contribution in [0.3, 0.4) is 0 Å². The molecule has 0 saturated heterocycles. The van der Waals surface area contributed by atoms with Gasteiger partial charge < -0.3 is 4.42 Å². The molecule has 0 aliphatic heterocycles. The molecule has 16 heavy (non-hydrogen) atoms. The van der Waals surface area contributed by atoms with Gasteiger partial charge in [0.15, 0.2) is 0 Å². The Morgan fingerprint density at radius 2 is 1.81 bits per heavy atom. The van der Waals surface area contributed by atoms with Gasteiger partial charge in [-0.25, -0.2) is 4.98 Å². The van der Waals surface area contributed by atoms with Crippen LogP contribution in [0.1, 0.15) is 45.9 Å². The molecule has 0 spiro atoms. The Hall–Kier alpha value is -1.31. The molecule has 0 radical (unpaired) electrons. The van der Waals surface area contributed by atoms with Crippen LogP contribution in [0, 0.1) is 6.92 Å². The fourth-order valence-corrected chi connectivity index (χ4v) is 1.44. The minimum Gasteiger partial charge on any atom is -0.443 e. The molecule has 0 unspecified atom stereocenters. The van der Waals surface area contributed by atoms with Gasteiger partial charge in [-0.2, -0.15) is 0 Å². The van der Waals surface area contributed by atoms with Gasteiger partial charge in [-0.3, -0.25) is 0 Å². The molecular formula is C14H23NO. The average molecular weight is 221 g/mol. The lowest BCUT2D eigenvalue weighted by molar-refractivity contribution is 0.544. The van der Waals surface area contributed by atoms with Crippen LogP contribution in [0.2, 0.25) is 0 Å². The number of aryl methyl sites for hydroxylation is 2. The predicted octanol–water partition coefficient (Wildman–Crippen LogP) is 4.75. The van der Waals surface area contributed by atoms with E-state index in [-0.39, 0.29) is 0 Å². The Morgan fingerprint density at radius 3 is 2.31 bits per heavy atom. The van der Waals surface area contributed by atoms with E-state index >= 15 is 0 Å². The van der Waals surface area contributed by atoms with Crippen LogP contribution in [0.25, 0.3) is 11.1 Å². The normalized spacial score (nSPS) is 8.88. The van der Waals surface area contributed by atoms with Crippen LogP contribution in [0.4, 0.5) is 0 Å². The third-order valence-corrected chi connectivity index (χ3v) is 2.13. The number of fused-ring (bicyclic) bond motifs is 1. The Labute approximate surface area is 98.7 Å². The molecule has 0 N–H and O–H groups in total.